The lowest BCUT2D eigenvalue weighted by atomic mass is 9.94. The normalized spacial score (nSPS) is 21.2. The van der Waals surface area contributed by atoms with Crippen LogP contribution in [0.15, 0.2) is 0 Å². The van der Waals surface area contributed by atoms with Gasteiger partial charge in [0.25, 0.3) is 0 Å². The van der Waals surface area contributed by atoms with Crippen molar-refractivity contribution in [1.29, 1.82) is 0 Å². The molecule has 2 rings (SSSR count). The van der Waals surface area contributed by atoms with Gasteiger partial charge in [0.15, 0.2) is 0 Å². The second-order valence-corrected chi connectivity index (χ2v) is 9.22. The van der Waals surface area contributed by atoms with Crippen molar-refractivity contribution in [3.05, 3.63) is 17.0 Å². The van der Waals surface area contributed by atoms with Gasteiger partial charge in [-0.25, -0.2) is 8.42 Å². The Hall–Kier alpha value is -0.920. The molecular weight excluding hydrogens is 302 g/mol. The molecule has 126 valence electrons. The van der Waals surface area contributed by atoms with Gasteiger partial charge >= 0.3 is 0 Å². The van der Waals surface area contributed by atoms with Crippen LogP contribution in [0.1, 0.15) is 50.2 Å². The second-order valence-electron chi connectivity index (χ2n) is 7.18. The van der Waals surface area contributed by atoms with Crippen molar-refractivity contribution in [3.8, 4) is 0 Å². The molecule has 0 amide bonds. The average molecular weight is 329 g/mol. The summed E-state index contributed by atoms with van der Waals surface area (Å²) >= 11 is 0. The van der Waals surface area contributed by atoms with E-state index >= 15 is 0 Å². The van der Waals surface area contributed by atoms with E-state index in [0.717, 1.165) is 17.0 Å². The summed E-state index contributed by atoms with van der Waals surface area (Å²) in [5.41, 5.74) is 2.68. The Bertz CT molecular complexity index is 597. The van der Waals surface area contributed by atoms with Gasteiger partial charge in [-0.1, -0.05) is 20.8 Å². The molecule has 1 aromatic rings. The Kier molecular flexibility index (Phi) is 4.99. The molecule has 1 N–H and O–H groups in total. The number of hydrogen-bond acceptors (Lipinski definition) is 4. The van der Waals surface area contributed by atoms with Gasteiger partial charge in [0, 0.05) is 17.8 Å². The lowest BCUT2D eigenvalue weighted by molar-refractivity contribution is 0.0315. The van der Waals surface area contributed by atoms with Crippen LogP contribution in [0.25, 0.3) is 0 Å². The Morgan fingerprint density at radius 1 is 1.36 bits per heavy atom. The van der Waals surface area contributed by atoms with Gasteiger partial charge in [-0.05, 0) is 25.7 Å². The molecule has 1 unspecified atom stereocenters. The molecule has 1 aromatic heterocycles. The maximum absolute atomic E-state index is 12.8. The number of aryl methyl sites for hydroxylation is 2. The van der Waals surface area contributed by atoms with Crippen LogP contribution in [0.3, 0.4) is 0 Å². The van der Waals surface area contributed by atoms with E-state index in [2.05, 4.69) is 31.0 Å². The first-order valence-corrected chi connectivity index (χ1v) is 9.31. The quantitative estimate of drug-likeness (QED) is 0.918. The van der Waals surface area contributed by atoms with Crippen molar-refractivity contribution in [2.45, 2.75) is 47.1 Å². The van der Waals surface area contributed by atoms with E-state index in [1.165, 1.54) is 0 Å². The van der Waals surface area contributed by atoms with Gasteiger partial charge in [0.2, 0.25) is 10.0 Å². The molecule has 0 radical (unpaired) electrons. The molecule has 22 heavy (non-hydrogen) atoms. The highest BCUT2D eigenvalue weighted by Crippen LogP contribution is 2.31. The molecule has 7 heteroatoms. The largest absolute Gasteiger partial charge is 0.378 e. The summed E-state index contributed by atoms with van der Waals surface area (Å²) in [7, 11) is -3.31. The minimum Gasteiger partial charge on any atom is -0.378 e. The van der Waals surface area contributed by atoms with Crippen LogP contribution in [0.4, 0.5) is 0 Å². The first-order chi connectivity index (χ1) is 10.1. The fourth-order valence-electron chi connectivity index (χ4n) is 2.75. The minimum absolute atomic E-state index is 0.00364. The van der Waals surface area contributed by atoms with Crippen molar-refractivity contribution in [2.75, 3.05) is 25.5 Å². The Labute approximate surface area is 133 Å². The van der Waals surface area contributed by atoms with Crippen LogP contribution >= 0.6 is 0 Å². The lowest BCUT2D eigenvalue weighted by Crippen LogP contribution is -2.45. The molecule has 1 atom stereocenters. The summed E-state index contributed by atoms with van der Waals surface area (Å²) in [6.45, 7) is 11.2. The lowest BCUT2D eigenvalue weighted by Gasteiger charge is -2.35. The number of nitrogens with one attached hydrogen (secondary N) is 1. The van der Waals surface area contributed by atoms with Gasteiger partial charge in [0.1, 0.15) is 0 Å². The van der Waals surface area contributed by atoms with Crippen LogP contribution in [-0.2, 0) is 14.8 Å². The van der Waals surface area contributed by atoms with E-state index in [9.17, 15) is 8.42 Å². The van der Waals surface area contributed by atoms with Crippen LogP contribution in [-0.4, -0.2) is 48.4 Å². The predicted octanol–water partition coefficient (Wildman–Crippen LogP) is 2.17. The average Bonchev–Trinajstić information content (AvgIpc) is 2.75. The SMILES string of the molecule is Cc1n[nH]c(C)c1C1COCCN1S(=O)(=O)CCC(C)(C)C. The van der Waals surface area contributed by atoms with Crippen LogP contribution in [0.5, 0.6) is 0 Å². The molecule has 1 aliphatic heterocycles. The van der Waals surface area contributed by atoms with Gasteiger partial charge < -0.3 is 4.74 Å². The van der Waals surface area contributed by atoms with Crippen molar-refractivity contribution < 1.29 is 13.2 Å². The van der Waals surface area contributed by atoms with Crippen LogP contribution in [0.2, 0.25) is 0 Å². The Balaban J connectivity index is 2.27. The van der Waals surface area contributed by atoms with Gasteiger partial charge in [0.05, 0.1) is 30.7 Å². The zero-order valence-electron chi connectivity index (χ0n) is 14.1. The third-order valence-electron chi connectivity index (χ3n) is 4.07. The Morgan fingerprint density at radius 3 is 2.59 bits per heavy atom. The molecule has 0 aliphatic carbocycles. The summed E-state index contributed by atoms with van der Waals surface area (Å²) in [6.07, 6.45) is 0.642. The number of rotatable bonds is 4. The van der Waals surface area contributed by atoms with Crippen LogP contribution < -0.4 is 0 Å². The molecular formula is C15H27N3O3S. The molecule has 0 bridgehead atoms. The van der Waals surface area contributed by atoms with E-state index in [-0.39, 0.29) is 17.2 Å². The second kappa shape index (κ2) is 6.29. The number of hydrogen-bond donors (Lipinski definition) is 1. The number of ether oxygens (including phenoxy) is 1. The van der Waals surface area contributed by atoms with E-state index in [0.29, 0.717) is 26.2 Å². The number of aromatic nitrogens is 2. The predicted molar refractivity (Wildman–Crippen MR) is 86.2 cm³/mol. The molecule has 1 saturated heterocycles. The van der Waals surface area contributed by atoms with Crippen molar-refractivity contribution in [2.24, 2.45) is 5.41 Å². The van der Waals surface area contributed by atoms with Gasteiger partial charge in [-0.2, -0.15) is 9.40 Å². The van der Waals surface area contributed by atoms with E-state index in [1.54, 1.807) is 4.31 Å². The molecule has 2 heterocycles. The molecule has 0 saturated carbocycles. The smallest absolute Gasteiger partial charge is 0.214 e. The highest BCUT2D eigenvalue weighted by molar-refractivity contribution is 7.89. The molecule has 1 fully saturated rings. The number of sulfonamides is 1. The van der Waals surface area contributed by atoms with Gasteiger partial charge in [-0.15, -0.1) is 0 Å². The third-order valence-corrected chi connectivity index (χ3v) is 5.94. The topological polar surface area (TPSA) is 75.3 Å². The number of aromatic amines is 1. The highest BCUT2D eigenvalue weighted by Gasteiger charge is 2.36. The number of morpholine rings is 1. The van der Waals surface area contributed by atoms with Gasteiger partial charge in [-0.3, -0.25) is 5.10 Å². The van der Waals surface area contributed by atoms with Crippen molar-refractivity contribution >= 4 is 10.0 Å². The summed E-state index contributed by atoms with van der Waals surface area (Å²) in [5, 5.41) is 7.13. The molecule has 6 nitrogen and oxygen atoms in total. The summed E-state index contributed by atoms with van der Waals surface area (Å²) in [6, 6.07) is -0.280. The van der Waals surface area contributed by atoms with E-state index < -0.39 is 10.0 Å². The molecule has 0 spiro atoms. The zero-order valence-corrected chi connectivity index (χ0v) is 15.0. The fourth-order valence-corrected chi connectivity index (χ4v) is 4.76. The van der Waals surface area contributed by atoms with Crippen LogP contribution in [0, 0.1) is 19.3 Å². The summed E-state index contributed by atoms with van der Waals surface area (Å²) in [4.78, 5) is 0. The zero-order chi connectivity index (χ0) is 16.5. The Morgan fingerprint density at radius 2 is 2.05 bits per heavy atom. The number of H-pyrrole nitrogens is 1. The molecule has 0 aromatic carbocycles. The number of nitrogens with zero attached hydrogens (tertiary/aromatic N) is 2. The first-order valence-electron chi connectivity index (χ1n) is 7.70. The maximum atomic E-state index is 12.8. The monoisotopic (exact) mass is 329 g/mol. The highest BCUT2D eigenvalue weighted by atomic mass is 32.2. The van der Waals surface area contributed by atoms with Crippen molar-refractivity contribution in [1.82, 2.24) is 14.5 Å². The summed E-state index contributed by atoms with van der Waals surface area (Å²) < 4.78 is 32.7. The standard InChI is InChI=1S/C15H27N3O3S/c1-11-14(12(2)17-16-11)13-10-21-8-7-18(13)22(19,20)9-6-15(3,4)5/h13H,6-10H2,1-5H3,(H,16,17). The first kappa shape index (κ1) is 17.4. The minimum atomic E-state index is -3.31. The van der Waals surface area contributed by atoms with Crippen molar-refractivity contribution in [3.63, 3.8) is 0 Å². The third kappa shape index (κ3) is 3.88. The molecule has 1 aliphatic rings. The van der Waals surface area contributed by atoms with E-state index in [1.807, 2.05) is 13.8 Å². The fraction of sp³-hybridized carbons (Fsp3) is 0.800. The maximum Gasteiger partial charge on any atom is 0.214 e. The summed E-state index contributed by atoms with van der Waals surface area (Å²) in [5.74, 6) is 0.170. The van der Waals surface area contributed by atoms with E-state index in [4.69, 9.17) is 4.74 Å².